The summed E-state index contributed by atoms with van der Waals surface area (Å²) in [6, 6.07) is 4.50. The minimum Gasteiger partial charge on any atom is -0.359 e. The predicted molar refractivity (Wildman–Crippen MR) is 103 cm³/mol. The first-order valence-electron chi connectivity index (χ1n) is 10.1. The Kier molecular flexibility index (Phi) is 5.19. The molecule has 0 unspecified atom stereocenters. The molecule has 4 rings (SSSR count). The van der Waals surface area contributed by atoms with E-state index in [0.29, 0.717) is 18.9 Å². The number of rotatable bonds is 5. The molecule has 1 heterocycles. The van der Waals surface area contributed by atoms with E-state index in [0.717, 1.165) is 17.0 Å². The number of amides is 1. The molecule has 2 atom stereocenters. The van der Waals surface area contributed by atoms with Gasteiger partial charge in [0.2, 0.25) is 5.91 Å². The van der Waals surface area contributed by atoms with Crippen LogP contribution >= 0.6 is 0 Å². The average molecular weight is 477 g/mol. The smallest absolute Gasteiger partial charge is 0.359 e. The van der Waals surface area contributed by atoms with Crippen LogP contribution in [0.1, 0.15) is 37.7 Å². The molecule has 174 valence electrons. The van der Waals surface area contributed by atoms with Crippen molar-refractivity contribution in [2.45, 2.75) is 59.9 Å². The number of alkyl halides is 5. The highest BCUT2D eigenvalue weighted by Crippen LogP contribution is 2.43. The molecule has 1 aromatic carbocycles. The van der Waals surface area contributed by atoms with E-state index in [1.165, 1.54) is 0 Å². The van der Waals surface area contributed by atoms with Gasteiger partial charge >= 0.3 is 6.18 Å². The molecule has 3 aliphatic rings. The maximum absolute atomic E-state index is 13.7. The lowest BCUT2D eigenvalue weighted by Crippen LogP contribution is -2.56. The molecule has 0 aromatic heterocycles. The van der Waals surface area contributed by atoms with E-state index < -0.39 is 68.1 Å². The number of hydrogen-bond acceptors (Lipinski definition) is 5. The number of nitrogens with zero attached hydrogens (tertiary/aromatic N) is 2. The number of carbonyl (C=O) groups excluding carboxylic acids is 1. The van der Waals surface area contributed by atoms with Gasteiger partial charge in [0.25, 0.3) is 5.92 Å². The summed E-state index contributed by atoms with van der Waals surface area (Å²) in [5, 5.41) is 10.5. The van der Waals surface area contributed by atoms with Crippen molar-refractivity contribution in [2.75, 3.05) is 18.0 Å². The predicted octanol–water partition coefficient (Wildman–Crippen LogP) is 3.28. The molecule has 12 heteroatoms. The minimum atomic E-state index is -5.01. The largest absolute Gasteiger partial charge is 0.417 e. The molecule has 0 radical (unpaired) electrons. The summed E-state index contributed by atoms with van der Waals surface area (Å²) in [5.41, 5.74) is -2.45. The van der Waals surface area contributed by atoms with Gasteiger partial charge in [-0.25, -0.2) is 17.2 Å². The zero-order chi connectivity index (χ0) is 23.5. The summed E-state index contributed by atoms with van der Waals surface area (Å²) in [6.07, 6.45) is -3.95. The van der Waals surface area contributed by atoms with Gasteiger partial charge in [-0.2, -0.15) is 18.4 Å². The molecular formula is C20H20F5N3O3S. The summed E-state index contributed by atoms with van der Waals surface area (Å²) in [6.45, 7) is -1.47. The molecule has 0 bridgehead atoms. The lowest BCUT2D eigenvalue weighted by atomic mass is 10.1. The molecule has 1 aliphatic heterocycles. The van der Waals surface area contributed by atoms with Crippen LogP contribution in [0.25, 0.3) is 0 Å². The van der Waals surface area contributed by atoms with E-state index in [4.69, 9.17) is 5.26 Å². The van der Waals surface area contributed by atoms with Crippen molar-refractivity contribution < 1.29 is 35.2 Å². The van der Waals surface area contributed by atoms with Gasteiger partial charge in [-0.15, -0.1) is 0 Å². The lowest BCUT2D eigenvalue weighted by Gasteiger charge is -2.40. The van der Waals surface area contributed by atoms with Crippen LogP contribution in [0, 0.1) is 17.2 Å². The van der Waals surface area contributed by atoms with Crippen LogP contribution in [0.15, 0.2) is 23.1 Å². The van der Waals surface area contributed by atoms with Crippen LogP contribution in [-0.2, 0) is 20.8 Å². The van der Waals surface area contributed by atoms with Crippen molar-refractivity contribution in [2.24, 2.45) is 5.92 Å². The second kappa shape index (κ2) is 7.30. The monoisotopic (exact) mass is 477 g/mol. The first kappa shape index (κ1) is 22.8. The van der Waals surface area contributed by atoms with Gasteiger partial charge in [0.1, 0.15) is 5.54 Å². The van der Waals surface area contributed by atoms with E-state index >= 15 is 0 Å². The van der Waals surface area contributed by atoms with E-state index in [9.17, 15) is 35.2 Å². The van der Waals surface area contributed by atoms with Crippen LogP contribution < -0.4 is 10.2 Å². The highest BCUT2D eigenvalue weighted by molar-refractivity contribution is 7.92. The molecule has 1 aromatic rings. The third kappa shape index (κ3) is 4.14. The zero-order valence-corrected chi connectivity index (χ0v) is 17.6. The van der Waals surface area contributed by atoms with Gasteiger partial charge in [0.05, 0.1) is 34.9 Å². The van der Waals surface area contributed by atoms with E-state index in [2.05, 4.69) is 5.32 Å². The summed E-state index contributed by atoms with van der Waals surface area (Å²) in [4.78, 5) is 12.5. The number of nitriles is 1. The summed E-state index contributed by atoms with van der Waals surface area (Å²) >= 11 is 0. The van der Waals surface area contributed by atoms with Crippen molar-refractivity contribution in [1.82, 2.24) is 5.32 Å². The third-order valence-electron chi connectivity index (χ3n) is 6.31. The quantitative estimate of drug-likeness (QED) is 0.658. The highest BCUT2D eigenvalue weighted by Gasteiger charge is 2.49. The lowest BCUT2D eigenvalue weighted by molar-refractivity contribution is -0.139. The van der Waals surface area contributed by atoms with Gasteiger partial charge in [-0.05, 0) is 50.3 Å². The molecular weight excluding hydrogens is 457 g/mol. The van der Waals surface area contributed by atoms with Gasteiger partial charge < -0.3 is 10.2 Å². The summed E-state index contributed by atoms with van der Waals surface area (Å²) < 4.78 is 93.4. The molecule has 1 amide bonds. The van der Waals surface area contributed by atoms with Crippen LogP contribution in [0.3, 0.4) is 0 Å². The number of hydrogen-bond donors (Lipinski definition) is 1. The fraction of sp³-hybridized carbons (Fsp3) is 0.600. The van der Waals surface area contributed by atoms with Gasteiger partial charge in [-0.3, -0.25) is 4.79 Å². The highest BCUT2D eigenvalue weighted by atomic mass is 32.2. The van der Waals surface area contributed by atoms with Gasteiger partial charge in [0, 0.05) is 11.6 Å². The first-order valence-corrected chi connectivity index (χ1v) is 11.6. The number of halogens is 5. The Morgan fingerprint density at radius 1 is 1.19 bits per heavy atom. The van der Waals surface area contributed by atoms with E-state index in [1.54, 1.807) is 0 Å². The molecule has 2 aliphatic carbocycles. The Morgan fingerprint density at radius 3 is 2.38 bits per heavy atom. The van der Waals surface area contributed by atoms with Crippen LogP contribution in [0.2, 0.25) is 0 Å². The maximum atomic E-state index is 13.7. The maximum Gasteiger partial charge on any atom is 0.417 e. The number of anilines is 1. The number of benzene rings is 1. The van der Waals surface area contributed by atoms with Crippen molar-refractivity contribution in [3.63, 3.8) is 0 Å². The van der Waals surface area contributed by atoms with Crippen LogP contribution in [-0.4, -0.2) is 44.1 Å². The van der Waals surface area contributed by atoms with Crippen molar-refractivity contribution in [3.8, 4) is 6.07 Å². The molecule has 2 saturated carbocycles. The molecule has 0 spiro atoms. The van der Waals surface area contributed by atoms with Crippen LogP contribution in [0.5, 0.6) is 0 Å². The summed E-state index contributed by atoms with van der Waals surface area (Å²) in [7, 11) is -4.44. The molecule has 32 heavy (non-hydrogen) atoms. The fourth-order valence-electron chi connectivity index (χ4n) is 4.25. The molecule has 6 nitrogen and oxygen atoms in total. The SMILES string of the molecule is N#CC1(NC(=O)[C@@H]2CC[C@@H](S(=O)(=O)c3ccc(N4CC(F)(F)C4)cc3C(F)(F)F)C2)CC1. The fourth-order valence-corrected chi connectivity index (χ4v) is 6.28. The first-order chi connectivity index (χ1) is 14.8. The molecule has 1 saturated heterocycles. The van der Waals surface area contributed by atoms with Crippen molar-refractivity contribution in [1.29, 1.82) is 5.26 Å². The van der Waals surface area contributed by atoms with Crippen LogP contribution in [0.4, 0.5) is 27.6 Å². The zero-order valence-electron chi connectivity index (χ0n) is 16.8. The Bertz CT molecular complexity index is 1080. The Balaban J connectivity index is 1.55. The number of sulfone groups is 1. The normalized spacial score (nSPS) is 26.2. The Hall–Kier alpha value is -2.42. The van der Waals surface area contributed by atoms with Crippen molar-refractivity contribution >= 4 is 21.4 Å². The second-order valence-corrected chi connectivity index (χ2v) is 10.9. The molecule has 3 fully saturated rings. The van der Waals surface area contributed by atoms with E-state index in [1.807, 2.05) is 6.07 Å². The third-order valence-corrected chi connectivity index (χ3v) is 8.58. The minimum absolute atomic E-state index is 0.0113. The van der Waals surface area contributed by atoms with Gasteiger partial charge in [0.15, 0.2) is 9.84 Å². The Morgan fingerprint density at radius 2 is 1.84 bits per heavy atom. The Labute approximate surface area is 181 Å². The molecule has 1 N–H and O–H groups in total. The van der Waals surface area contributed by atoms with Gasteiger partial charge in [-0.1, -0.05) is 0 Å². The standard InChI is InChI=1S/C20H20F5N3O3S/c21-19(22)10-28(11-19)13-2-4-16(15(8-13)20(23,24)25)32(30,31)14-3-1-12(7-14)17(29)27-18(9-26)5-6-18/h2,4,8,12,14H,1,3,5-7,10-11H2,(H,27,29)/t12-,14-/m1/s1. The second-order valence-electron chi connectivity index (χ2n) is 8.75. The number of carbonyl (C=O) groups is 1. The topological polar surface area (TPSA) is 90.3 Å². The number of nitrogens with one attached hydrogen (secondary N) is 1. The van der Waals surface area contributed by atoms with E-state index in [-0.39, 0.29) is 24.9 Å². The summed E-state index contributed by atoms with van der Waals surface area (Å²) in [5.74, 6) is -4.17. The average Bonchev–Trinajstić information content (AvgIpc) is 3.26. The van der Waals surface area contributed by atoms with Crippen molar-refractivity contribution in [3.05, 3.63) is 23.8 Å².